The van der Waals surface area contributed by atoms with E-state index in [2.05, 4.69) is 14.9 Å². The van der Waals surface area contributed by atoms with Gasteiger partial charge in [-0.15, -0.1) is 0 Å². The number of halogens is 4. The number of likely N-dealkylation sites (N-methyl/N-ethyl adjacent to an activating group) is 1. The molecule has 0 N–H and O–H groups in total. The SMILES string of the molecule is CN(c1nc(OC[C@@]23CCCN2C[C@H](F)C3)nc2c(F)c(-c3cccc4ccc(F)c(Cl)c34)ncc12)[C@@H]1CCN(C(=O)/C=C/C2CCCO2)C1. The monoisotopic (exact) mass is 706 g/mol. The Labute approximate surface area is 293 Å². The molecular weight excluding hydrogens is 669 g/mol. The van der Waals surface area contributed by atoms with Crippen LogP contribution in [-0.4, -0.2) is 101 Å². The summed E-state index contributed by atoms with van der Waals surface area (Å²) in [6.45, 7) is 3.04. The van der Waals surface area contributed by atoms with Crippen LogP contribution < -0.4 is 9.64 Å². The lowest BCUT2D eigenvalue weighted by molar-refractivity contribution is -0.125. The van der Waals surface area contributed by atoms with Crippen molar-refractivity contribution in [3.05, 3.63) is 65.3 Å². The van der Waals surface area contributed by atoms with Crippen molar-refractivity contribution in [1.82, 2.24) is 24.8 Å². The maximum Gasteiger partial charge on any atom is 0.319 e. The Balaban J connectivity index is 1.16. The van der Waals surface area contributed by atoms with Gasteiger partial charge >= 0.3 is 6.01 Å². The summed E-state index contributed by atoms with van der Waals surface area (Å²) in [5.74, 6) is -1.04. The summed E-state index contributed by atoms with van der Waals surface area (Å²) < 4.78 is 57.8. The first-order valence-electron chi connectivity index (χ1n) is 17.3. The molecule has 262 valence electrons. The van der Waals surface area contributed by atoms with Crippen LogP contribution in [0.5, 0.6) is 6.01 Å². The molecule has 0 aliphatic carbocycles. The van der Waals surface area contributed by atoms with Crippen LogP contribution in [0.4, 0.5) is 19.0 Å². The molecule has 2 aromatic carbocycles. The van der Waals surface area contributed by atoms with Gasteiger partial charge in [0.2, 0.25) is 5.91 Å². The van der Waals surface area contributed by atoms with Gasteiger partial charge in [0.25, 0.3) is 0 Å². The number of aromatic nitrogens is 3. The molecule has 4 atom stereocenters. The van der Waals surface area contributed by atoms with Crippen LogP contribution in [0.2, 0.25) is 5.02 Å². The van der Waals surface area contributed by atoms with Crippen molar-refractivity contribution < 1.29 is 27.4 Å². The predicted molar refractivity (Wildman–Crippen MR) is 185 cm³/mol. The van der Waals surface area contributed by atoms with E-state index in [-0.39, 0.29) is 46.9 Å². The predicted octanol–water partition coefficient (Wildman–Crippen LogP) is 6.50. The Bertz CT molecular complexity index is 1990. The summed E-state index contributed by atoms with van der Waals surface area (Å²) in [6.07, 6.45) is 8.63. The Morgan fingerprint density at radius 3 is 2.88 bits per heavy atom. The Morgan fingerprint density at radius 1 is 1.16 bits per heavy atom. The maximum absolute atomic E-state index is 16.8. The van der Waals surface area contributed by atoms with Gasteiger partial charge in [0.1, 0.15) is 35.6 Å². The van der Waals surface area contributed by atoms with Gasteiger partial charge in [0.05, 0.1) is 22.1 Å². The number of ether oxygens (including phenoxy) is 2. The molecule has 50 heavy (non-hydrogen) atoms. The molecule has 4 aliphatic heterocycles. The third-order valence-electron chi connectivity index (χ3n) is 10.8. The molecular formula is C37H38ClF3N6O3. The van der Waals surface area contributed by atoms with Crippen LogP contribution in [0.25, 0.3) is 32.9 Å². The molecule has 9 nitrogen and oxygen atoms in total. The molecule has 4 fully saturated rings. The summed E-state index contributed by atoms with van der Waals surface area (Å²) in [4.78, 5) is 32.8. The smallest absolute Gasteiger partial charge is 0.319 e. The van der Waals surface area contributed by atoms with E-state index in [1.165, 1.54) is 12.3 Å². The summed E-state index contributed by atoms with van der Waals surface area (Å²) in [6, 6.07) is 7.85. The van der Waals surface area contributed by atoms with Crippen LogP contribution in [0.3, 0.4) is 0 Å². The minimum Gasteiger partial charge on any atom is -0.461 e. The van der Waals surface area contributed by atoms with Crippen molar-refractivity contribution in [3.8, 4) is 17.3 Å². The molecule has 0 saturated carbocycles. The van der Waals surface area contributed by atoms with Gasteiger partial charge in [0.15, 0.2) is 5.82 Å². The number of hydrogen-bond donors (Lipinski definition) is 0. The second-order valence-corrected chi connectivity index (χ2v) is 14.3. The van der Waals surface area contributed by atoms with Gasteiger partial charge < -0.3 is 19.3 Å². The molecule has 1 unspecified atom stereocenters. The van der Waals surface area contributed by atoms with Crippen LogP contribution in [0.1, 0.15) is 38.5 Å². The number of pyridine rings is 1. The minimum absolute atomic E-state index is 0.0210. The van der Waals surface area contributed by atoms with Crippen molar-refractivity contribution in [1.29, 1.82) is 0 Å². The van der Waals surface area contributed by atoms with Crippen molar-refractivity contribution >= 4 is 45.0 Å². The highest BCUT2D eigenvalue weighted by Gasteiger charge is 2.49. The fourth-order valence-electron chi connectivity index (χ4n) is 8.18. The largest absolute Gasteiger partial charge is 0.461 e. The van der Waals surface area contributed by atoms with E-state index in [4.69, 9.17) is 26.1 Å². The first-order valence-corrected chi connectivity index (χ1v) is 17.7. The number of likely N-dealkylation sites (tertiary alicyclic amines) is 1. The number of amides is 1. The number of carbonyl (C=O) groups excluding carboxylic acids is 1. The summed E-state index contributed by atoms with van der Waals surface area (Å²) in [5.41, 5.74) is -0.198. The number of benzene rings is 2. The van der Waals surface area contributed by atoms with Crippen molar-refractivity contribution in [3.63, 3.8) is 0 Å². The summed E-state index contributed by atoms with van der Waals surface area (Å²) in [5, 5.41) is 1.21. The fraction of sp³-hybridized carbons (Fsp3) is 0.459. The van der Waals surface area contributed by atoms with E-state index in [9.17, 15) is 13.6 Å². The van der Waals surface area contributed by atoms with Crippen molar-refractivity contribution in [2.75, 3.05) is 51.3 Å². The zero-order valence-corrected chi connectivity index (χ0v) is 28.5. The minimum atomic E-state index is -0.935. The zero-order valence-electron chi connectivity index (χ0n) is 27.8. The van der Waals surface area contributed by atoms with Crippen molar-refractivity contribution in [2.45, 2.75) is 62.4 Å². The van der Waals surface area contributed by atoms with Gasteiger partial charge in [-0.3, -0.25) is 14.7 Å². The van der Waals surface area contributed by atoms with E-state index >= 15 is 4.39 Å². The van der Waals surface area contributed by atoms with Gasteiger partial charge in [-0.1, -0.05) is 41.9 Å². The van der Waals surface area contributed by atoms with Gasteiger partial charge in [0, 0.05) is 69.0 Å². The molecule has 13 heteroatoms. The van der Waals surface area contributed by atoms with E-state index in [1.807, 2.05) is 18.0 Å². The summed E-state index contributed by atoms with van der Waals surface area (Å²) in [7, 11) is 1.85. The number of anilines is 1. The Morgan fingerprint density at radius 2 is 2.04 bits per heavy atom. The molecule has 4 aliphatic rings. The van der Waals surface area contributed by atoms with Crippen LogP contribution >= 0.6 is 11.6 Å². The number of hydrogen-bond acceptors (Lipinski definition) is 8. The molecule has 4 saturated heterocycles. The first-order chi connectivity index (χ1) is 24.2. The molecule has 0 bridgehead atoms. The van der Waals surface area contributed by atoms with E-state index in [1.54, 1.807) is 35.2 Å². The molecule has 1 amide bonds. The molecule has 0 radical (unpaired) electrons. The molecule has 6 heterocycles. The third-order valence-corrected chi connectivity index (χ3v) is 11.2. The third kappa shape index (κ3) is 5.94. The van der Waals surface area contributed by atoms with Crippen molar-refractivity contribution in [2.24, 2.45) is 0 Å². The van der Waals surface area contributed by atoms with Crippen LogP contribution in [-0.2, 0) is 9.53 Å². The standard InChI is InChI=1S/C37H38ClF3N6O3/c1-45(24-12-15-46(20-24)29(48)11-9-25-6-3-16-49-25)35-27-18-42-33(26-7-2-5-22-8-10-28(40)31(38)30(22)26)32(41)34(27)43-36(44-35)50-21-37-13-4-14-47(37)19-23(39)17-37/h2,5,7-11,18,23-25H,3-4,6,12-17,19-21H2,1H3/b11-9+/t23-,24-,25?,37+/m1/s1. The average molecular weight is 707 g/mol. The molecule has 0 spiro atoms. The second kappa shape index (κ2) is 13.3. The number of carbonyl (C=O) groups is 1. The summed E-state index contributed by atoms with van der Waals surface area (Å²) >= 11 is 6.41. The number of rotatable bonds is 8. The lowest BCUT2D eigenvalue weighted by atomic mass is 9.95. The molecule has 4 aromatic rings. The zero-order chi connectivity index (χ0) is 34.6. The Hall–Kier alpha value is -4.00. The quantitative estimate of drug-likeness (QED) is 0.192. The maximum atomic E-state index is 16.8. The van der Waals surface area contributed by atoms with Crippen LogP contribution in [0.15, 0.2) is 48.7 Å². The highest BCUT2D eigenvalue weighted by atomic mass is 35.5. The molecule has 2 aromatic heterocycles. The normalized spacial score (nSPS) is 25.4. The fourth-order valence-corrected chi connectivity index (χ4v) is 8.45. The Kier molecular flexibility index (Phi) is 8.81. The van der Waals surface area contributed by atoms with E-state index in [0.29, 0.717) is 66.6 Å². The highest BCUT2D eigenvalue weighted by molar-refractivity contribution is 6.36. The second-order valence-electron chi connectivity index (χ2n) is 13.9. The first kappa shape index (κ1) is 33.2. The van der Waals surface area contributed by atoms with Gasteiger partial charge in [-0.25, -0.2) is 13.2 Å². The molecule has 8 rings (SSSR count). The lowest BCUT2D eigenvalue weighted by Crippen LogP contribution is -2.43. The number of nitrogens with zero attached hydrogens (tertiary/aromatic N) is 6. The van der Waals surface area contributed by atoms with Gasteiger partial charge in [-0.05, 0) is 50.1 Å². The highest BCUT2D eigenvalue weighted by Crippen LogP contribution is 2.42. The lowest BCUT2D eigenvalue weighted by Gasteiger charge is -2.31. The number of alkyl halides is 1. The van der Waals surface area contributed by atoms with E-state index < -0.39 is 23.3 Å². The van der Waals surface area contributed by atoms with Gasteiger partial charge in [-0.2, -0.15) is 9.97 Å². The average Bonchev–Trinajstić information content (AvgIpc) is 3.93. The van der Waals surface area contributed by atoms with E-state index in [0.717, 1.165) is 32.2 Å². The number of fused-ring (bicyclic) bond motifs is 3. The topological polar surface area (TPSA) is 83.9 Å². The van der Waals surface area contributed by atoms with Crippen LogP contribution in [0, 0.1) is 11.6 Å².